The summed E-state index contributed by atoms with van der Waals surface area (Å²) in [5, 5.41) is 0. The maximum Gasteiger partial charge on any atom is 0.160 e. The fourth-order valence-corrected chi connectivity index (χ4v) is 2.64. The van der Waals surface area contributed by atoms with Crippen LogP contribution in [0.15, 0.2) is 22.7 Å². The highest BCUT2D eigenvalue weighted by atomic mass is 79.9. The van der Waals surface area contributed by atoms with Crippen molar-refractivity contribution in [2.24, 2.45) is 0 Å². The number of rotatable bonds is 2. The van der Waals surface area contributed by atoms with E-state index in [-0.39, 0.29) is 5.78 Å². The summed E-state index contributed by atoms with van der Waals surface area (Å²) >= 11 is 3.46. The molecule has 3 nitrogen and oxygen atoms in total. The van der Waals surface area contributed by atoms with Gasteiger partial charge in [-0.1, -0.05) is 0 Å². The molecule has 2 rings (SSSR count). The number of halogens is 1. The first-order valence-electron chi connectivity index (χ1n) is 5.81. The van der Waals surface area contributed by atoms with Gasteiger partial charge in [-0.25, -0.2) is 0 Å². The third-order valence-corrected chi connectivity index (χ3v) is 3.58. The van der Waals surface area contributed by atoms with Crippen molar-refractivity contribution in [1.82, 2.24) is 0 Å². The van der Waals surface area contributed by atoms with E-state index in [1.165, 1.54) is 0 Å². The highest BCUT2D eigenvalue weighted by Crippen LogP contribution is 2.25. The Morgan fingerprint density at radius 3 is 2.88 bits per heavy atom. The monoisotopic (exact) mass is 297 g/mol. The largest absolute Gasteiger partial charge is 0.380 e. The quantitative estimate of drug-likeness (QED) is 0.786. The van der Waals surface area contributed by atoms with Crippen LogP contribution in [0, 0.1) is 0 Å². The van der Waals surface area contributed by atoms with E-state index in [4.69, 9.17) is 4.74 Å². The second-order valence-corrected chi connectivity index (χ2v) is 5.03. The molecule has 1 aromatic carbocycles. The molecule has 1 aliphatic rings. The minimum Gasteiger partial charge on any atom is -0.380 e. The predicted molar refractivity (Wildman–Crippen MR) is 71.8 cm³/mol. The number of anilines is 1. The Hall–Kier alpha value is -0.870. The molecule has 1 aromatic rings. The highest BCUT2D eigenvalue weighted by molar-refractivity contribution is 9.10. The van der Waals surface area contributed by atoms with Crippen molar-refractivity contribution >= 4 is 27.4 Å². The molecule has 0 spiro atoms. The first-order valence-corrected chi connectivity index (χ1v) is 6.61. The van der Waals surface area contributed by atoms with Crippen molar-refractivity contribution in [1.29, 1.82) is 0 Å². The van der Waals surface area contributed by atoms with E-state index in [0.29, 0.717) is 0 Å². The van der Waals surface area contributed by atoms with Crippen LogP contribution in [0.2, 0.25) is 0 Å². The highest BCUT2D eigenvalue weighted by Gasteiger charge is 2.12. The van der Waals surface area contributed by atoms with E-state index in [1.54, 1.807) is 6.92 Å². The third-order valence-electron chi connectivity index (χ3n) is 2.92. The average molecular weight is 298 g/mol. The zero-order valence-electron chi connectivity index (χ0n) is 9.91. The van der Waals surface area contributed by atoms with Gasteiger partial charge in [0.1, 0.15) is 0 Å². The Morgan fingerprint density at radius 2 is 2.18 bits per heavy atom. The van der Waals surface area contributed by atoms with Gasteiger partial charge in [-0.2, -0.15) is 0 Å². The number of ether oxygens (including phenoxy) is 1. The molecule has 1 fully saturated rings. The molecule has 0 radical (unpaired) electrons. The first kappa shape index (κ1) is 12.6. The number of hydrogen-bond donors (Lipinski definition) is 0. The Balaban J connectivity index is 2.21. The molecular formula is C13H16BrNO2. The molecular weight excluding hydrogens is 282 g/mol. The summed E-state index contributed by atoms with van der Waals surface area (Å²) in [6, 6.07) is 5.91. The normalized spacial score (nSPS) is 16.7. The fraction of sp³-hybridized carbons (Fsp3) is 0.462. The zero-order chi connectivity index (χ0) is 12.3. The van der Waals surface area contributed by atoms with Crippen molar-refractivity contribution in [2.45, 2.75) is 13.3 Å². The van der Waals surface area contributed by atoms with E-state index in [1.807, 2.05) is 18.2 Å². The summed E-state index contributed by atoms with van der Waals surface area (Å²) in [5.41, 5.74) is 1.88. The van der Waals surface area contributed by atoms with E-state index in [9.17, 15) is 4.79 Å². The van der Waals surface area contributed by atoms with E-state index in [2.05, 4.69) is 20.8 Å². The topological polar surface area (TPSA) is 29.5 Å². The van der Waals surface area contributed by atoms with Gasteiger partial charge < -0.3 is 9.64 Å². The zero-order valence-corrected chi connectivity index (χ0v) is 11.5. The van der Waals surface area contributed by atoms with E-state index in [0.717, 1.165) is 48.4 Å². The van der Waals surface area contributed by atoms with E-state index < -0.39 is 0 Å². The van der Waals surface area contributed by atoms with Crippen LogP contribution in [-0.4, -0.2) is 32.1 Å². The Morgan fingerprint density at radius 1 is 1.35 bits per heavy atom. The van der Waals surface area contributed by atoms with E-state index >= 15 is 0 Å². The third kappa shape index (κ3) is 3.07. The molecule has 0 saturated carbocycles. The second kappa shape index (κ2) is 5.65. The number of Topliss-reactive ketones (excluding diaryl/α,β-unsaturated/α-hetero) is 1. The standard InChI is InChI=1S/C13H16BrNO2/c1-10(16)12-4-3-11(9-13(12)14)15-5-2-7-17-8-6-15/h3-4,9H,2,5-8H2,1H3. The molecule has 0 aromatic heterocycles. The second-order valence-electron chi connectivity index (χ2n) is 4.17. The lowest BCUT2D eigenvalue weighted by Gasteiger charge is -2.22. The van der Waals surface area contributed by atoms with Gasteiger partial charge in [-0.3, -0.25) is 4.79 Å². The number of benzene rings is 1. The smallest absolute Gasteiger partial charge is 0.160 e. The molecule has 17 heavy (non-hydrogen) atoms. The van der Waals surface area contributed by atoms with Gasteiger partial charge in [-0.05, 0) is 47.5 Å². The van der Waals surface area contributed by atoms with Crippen molar-refractivity contribution in [3.05, 3.63) is 28.2 Å². The molecule has 1 saturated heterocycles. The molecule has 1 aliphatic heterocycles. The fourth-order valence-electron chi connectivity index (χ4n) is 1.99. The number of hydrogen-bond acceptors (Lipinski definition) is 3. The summed E-state index contributed by atoms with van der Waals surface area (Å²) in [5.74, 6) is 0.0858. The molecule has 0 aliphatic carbocycles. The number of carbonyl (C=O) groups excluding carboxylic acids is 1. The van der Waals surface area contributed by atoms with Crippen LogP contribution in [0.25, 0.3) is 0 Å². The molecule has 0 amide bonds. The van der Waals surface area contributed by atoms with Gasteiger partial charge in [0.25, 0.3) is 0 Å². The molecule has 0 unspecified atom stereocenters. The predicted octanol–water partition coefficient (Wildman–Crippen LogP) is 2.88. The van der Waals surface area contributed by atoms with Crippen LogP contribution in [0.4, 0.5) is 5.69 Å². The number of carbonyl (C=O) groups is 1. The van der Waals surface area contributed by atoms with Crippen molar-refractivity contribution in [3.63, 3.8) is 0 Å². The summed E-state index contributed by atoms with van der Waals surface area (Å²) in [6.07, 6.45) is 1.05. The van der Waals surface area contributed by atoms with Gasteiger partial charge in [0.15, 0.2) is 5.78 Å². The van der Waals surface area contributed by atoms with Gasteiger partial charge in [-0.15, -0.1) is 0 Å². The van der Waals surface area contributed by atoms with Crippen molar-refractivity contribution in [2.75, 3.05) is 31.2 Å². The van der Waals surface area contributed by atoms with Gasteiger partial charge >= 0.3 is 0 Å². The lowest BCUT2D eigenvalue weighted by molar-refractivity contribution is 0.101. The first-order chi connectivity index (χ1) is 8.18. The lowest BCUT2D eigenvalue weighted by atomic mass is 10.1. The Labute approximate surface area is 110 Å². The van der Waals surface area contributed by atoms with Crippen LogP contribution < -0.4 is 4.90 Å². The molecule has 0 N–H and O–H groups in total. The summed E-state index contributed by atoms with van der Waals surface area (Å²) in [7, 11) is 0. The van der Waals surface area contributed by atoms with Crippen molar-refractivity contribution in [3.8, 4) is 0 Å². The average Bonchev–Trinajstić information content (AvgIpc) is 2.56. The van der Waals surface area contributed by atoms with Crippen molar-refractivity contribution < 1.29 is 9.53 Å². The van der Waals surface area contributed by atoms with Crippen LogP contribution in [0.5, 0.6) is 0 Å². The minimum absolute atomic E-state index is 0.0858. The van der Waals surface area contributed by atoms with Crippen LogP contribution >= 0.6 is 15.9 Å². The summed E-state index contributed by atoms with van der Waals surface area (Å²) < 4.78 is 6.30. The maximum atomic E-state index is 11.3. The number of nitrogens with zero attached hydrogens (tertiary/aromatic N) is 1. The Bertz CT molecular complexity index is 412. The molecule has 92 valence electrons. The lowest BCUT2D eigenvalue weighted by Crippen LogP contribution is -2.25. The summed E-state index contributed by atoms with van der Waals surface area (Å²) in [6.45, 7) is 5.10. The van der Waals surface area contributed by atoms with Gasteiger partial charge in [0.2, 0.25) is 0 Å². The molecule has 0 bridgehead atoms. The van der Waals surface area contributed by atoms with Crippen LogP contribution in [-0.2, 0) is 4.74 Å². The SMILES string of the molecule is CC(=O)c1ccc(N2CCCOCC2)cc1Br. The van der Waals surface area contributed by atoms with Gasteiger partial charge in [0.05, 0.1) is 6.61 Å². The van der Waals surface area contributed by atoms with Gasteiger partial charge in [0, 0.05) is 35.4 Å². The molecule has 0 atom stereocenters. The molecule has 1 heterocycles. The summed E-state index contributed by atoms with van der Waals surface area (Å²) in [4.78, 5) is 13.6. The molecule has 4 heteroatoms. The Kier molecular flexibility index (Phi) is 4.18. The van der Waals surface area contributed by atoms with Crippen LogP contribution in [0.3, 0.4) is 0 Å². The number of ketones is 1. The van der Waals surface area contributed by atoms with Crippen LogP contribution in [0.1, 0.15) is 23.7 Å². The maximum absolute atomic E-state index is 11.3. The minimum atomic E-state index is 0.0858.